The van der Waals surface area contributed by atoms with Crippen LogP contribution < -0.4 is 4.72 Å². The maximum atomic E-state index is 12.6. The second kappa shape index (κ2) is 6.06. The van der Waals surface area contributed by atoms with Gasteiger partial charge in [-0.1, -0.05) is 19.3 Å². The van der Waals surface area contributed by atoms with Crippen LogP contribution in [0.4, 0.5) is 0 Å². The van der Waals surface area contributed by atoms with Crippen LogP contribution in [0.1, 0.15) is 43.5 Å². The highest BCUT2D eigenvalue weighted by molar-refractivity contribution is 7.89. The van der Waals surface area contributed by atoms with Crippen LogP contribution in [0.25, 0.3) is 0 Å². The zero-order valence-corrected chi connectivity index (χ0v) is 14.2. The fourth-order valence-corrected chi connectivity index (χ4v) is 4.72. The second-order valence-electron chi connectivity index (χ2n) is 6.27. The van der Waals surface area contributed by atoms with Gasteiger partial charge in [0.25, 0.3) is 0 Å². The zero-order chi connectivity index (χ0) is 15.7. The van der Waals surface area contributed by atoms with Gasteiger partial charge in [-0.05, 0) is 40.8 Å². The lowest BCUT2D eigenvalue weighted by Crippen LogP contribution is -2.53. The van der Waals surface area contributed by atoms with Gasteiger partial charge in [-0.25, -0.2) is 13.1 Å². The van der Waals surface area contributed by atoms with Crippen LogP contribution in [0.15, 0.2) is 4.90 Å². The molecule has 120 valence electrons. The highest BCUT2D eigenvalue weighted by Gasteiger charge is 2.36. The number of hydrogen-bond acceptors (Lipinski definition) is 4. The molecule has 7 heteroatoms. The van der Waals surface area contributed by atoms with Crippen molar-refractivity contribution in [1.29, 1.82) is 0 Å². The molecule has 1 aliphatic rings. The maximum absolute atomic E-state index is 12.6. The Balaban J connectivity index is 2.17. The van der Waals surface area contributed by atoms with Crippen molar-refractivity contribution in [3.05, 3.63) is 11.4 Å². The van der Waals surface area contributed by atoms with Crippen LogP contribution in [-0.2, 0) is 10.0 Å². The Hall–Kier alpha value is -0.920. The third kappa shape index (κ3) is 3.30. The summed E-state index contributed by atoms with van der Waals surface area (Å²) in [5, 5.41) is 6.71. The number of aromatic amines is 1. The summed E-state index contributed by atoms with van der Waals surface area (Å²) in [6, 6.07) is 0. The summed E-state index contributed by atoms with van der Waals surface area (Å²) in [4.78, 5) is 2.45. The topological polar surface area (TPSA) is 78.1 Å². The Bertz CT molecular complexity index is 567. The van der Waals surface area contributed by atoms with Gasteiger partial charge in [0.05, 0.1) is 11.4 Å². The fourth-order valence-electron chi connectivity index (χ4n) is 3.23. The molecule has 0 radical (unpaired) electrons. The smallest absolute Gasteiger partial charge is 0.244 e. The first kappa shape index (κ1) is 16.5. The third-order valence-corrected chi connectivity index (χ3v) is 6.32. The summed E-state index contributed by atoms with van der Waals surface area (Å²) in [6.45, 7) is 3.89. The molecule has 0 aliphatic heterocycles. The molecule has 0 atom stereocenters. The molecule has 0 bridgehead atoms. The van der Waals surface area contributed by atoms with Crippen LogP contribution in [-0.4, -0.2) is 49.7 Å². The molecular weight excluding hydrogens is 288 g/mol. The van der Waals surface area contributed by atoms with Crippen molar-refractivity contribution >= 4 is 10.0 Å². The van der Waals surface area contributed by atoms with Gasteiger partial charge in [0.2, 0.25) is 10.0 Å². The average Bonchev–Trinajstić information content (AvgIpc) is 2.77. The van der Waals surface area contributed by atoms with E-state index in [1.807, 2.05) is 14.1 Å². The maximum Gasteiger partial charge on any atom is 0.244 e. The number of rotatable bonds is 5. The molecule has 1 fully saturated rings. The predicted molar refractivity (Wildman–Crippen MR) is 82.8 cm³/mol. The first-order chi connectivity index (χ1) is 9.78. The monoisotopic (exact) mass is 314 g/mol. The van der Waals surface area contributed by atoms with Crippen molar-refractivity contribution in [2.45, 2.75) is 56.4 Å². The number of aromatic nitrogens is 2. The lowest BCUT2D eigenvalue weighted by atomic mass is 9.81. The molecule has 1 aliphatic carbocycles. The quantitative estimate of drug-likeness (QED) is 0.865. The first-order valence-corrected chi connectivity index (χ1v) is 8.95. The normalized spacial score (nSPS) is 19.1. The van der Waals surface area contributed by atoms with Crippen LogP contribution in [0.5, 0.6) is 0 Å². The predicted octanol–water partition coefficient (Wildman–Crippen LogP) is 1.57. The number of nitrogens with zero attached hydrogens (tertiary/aromatic N) is 2. The molecule has 2 N–H and O–H groups in total. The minimum atomic E-state index is -3.52. The van der Waals surface area contributed by atoms with Gasteiger partial charge >= 0.3 is 0 Å². The molecule has 1 aromatic heterocycles. The number of H-pyrrole nitrogens is 1. The molecular formula is C14H26N4O2S. The number of likely N-dealkylation sites (N-methyl/N-ethyl adjacent to an activating group) is 1. The Morgan fingerprint density at radius 3 is 2.33 bits per heavy atom. The lowest BCUT2D eigenvalue weighted by Gasteiger charge is -2.43. The molecule has 0 saturated heterocycles. The first-order valence-electron chi connectivity index (χ1n) is 7.47. The van der Waals surface area contributed by atoms with Crippen LogP contribution in [0.3, 0.4) is 0 Å². The van der Waals surface area contributed by atoms with E-state index in [1.54, 1.807) is 13.8 Å². The van der Waals surface area contributed by atoms with Crippen LogP contribution in [0, 0.1) is 13.8 Å². The van der Waals surface area contributed by atoms with Crippen molar-refractivity contribution in [1.82, 2.24) is 19.8 Å². The van der Waals surface area contributed by atoms with E-state index in [-0.39, 0.29) is 10.4 Å². The lowest BCUT2D eigenvalue weighted by molar-refractivity contribution is 0.105. The molecule has 1 saturated carbocycles. The van der Waals surface area contributed by atoms with E-state index in [9.17, 15) is 8.42 Å². The molecule has 0 amide bonds. The van der Waals surface area contributed by atoms with Gasteiger partial charge in [-0.15, -0.1) is 0 Å². The number of aryl methyl sites for hydroxylation is 2. The summed E-state index contributed by atoms with van der Waals surface area (Å²) in [6.07, 6.45) is 5.62. The van der Waals surface area contributed by atoms with Crippen molar-refractivity contribution in [3.8, 4) is 0 Å². The van der Waals surface area contributed by atoms with E-state index in [0.29, 0.717) is 17.9 Å². The van der Waals surface area contributed by atoms with E-state index < -0.39 is 10.0 Å². The molecule has 21 heavy (non-hydrogen) atoms. The standard InChI is InChI=1S/C14H26N4O2S/c1-11-13(12(2)17-16-11)21(19,20)15-10-14(18(3)4)8-6-5-7-9-14/h15H,5-10H2,1-4H3,(H,16,17). The summed E-state index contributed by atoms with van der Waals surface area (Å²) < 4.78 is 27.9. The minimum Gasteiger partial charge on any atom is -0.302 e. The summed E-state index contributed by atoms with van der Waals surface area (Å²) in [5.74, 6) is 0. The zero-order valence-electron chi connectivity index (χ0n) is 13.4. The molecule has 1 aromatic rings. The van der Waals surface area contributed by atoms with Crippen LogP contribution >= 0.6 is 0 Å². The van der Waals surface area contributed by atoms with Gasteiger partial charge in [0.15, 0.2) is 0 Å². The summed E-state index contributed by atoms with van der Waals surface area (Å²) in [7, 11) is 0.552. The Morgan fingerprint density at radius 2 is 1.86 bits per heavy atom. The molecule has 0 spiro atoms. The SMILES string of the molecule is Cc1n[nH]c(C)c1S(=O)(=O)NCC1(N(C)C)CCCCC1. The van der Waals surface area contributed by atoms with E-state index in [2.05, 4.69) is 19.8 Å². The van der Waals surface area contributed by atoms with E-state index >= 15 is 0 Å². The van der Waals surface area contributed by atoms with Crippen molar-refractivity contribution < 1.29 is 8.42 Å². The Kier molecular flexibility index (Phi) is 4.75. The van der Waals surface area contributed by atoms with Gasteiger partial charge < -0.3 is 4.90 Å². The number of hydrogen-bond donors (Lipinski definition) is 2. The molecule has 1 heterocycles. The number of sulfonamides is 1. The highest BCUT2D eigenvalue weighted by Crippen LogP contribution is 2.32. The minimum absolute atomic E-state index is 0.0726. The van der Waals surface area contributed by atoms with E-state index in [1.165, 1.54) is 6.42 Å². The summed E-state index contributed by atoms with van der Waals surface area (Å²) in [5.41, 5.74) is 1.03. The second-order valence-corrected chi connectivity index (χ2v) is 7.97. The molecule has 2 rings (SSSR count). The summed E-state index contributed by atoms with van der Waals surface area (Å²) >= 11 is 0. The van der Waals surface area contributed by atoms with E-state index in [4.69, 9.17) is 0 Å². The van der Waals surface area contributed by atoms with E-state index in [0.717, 1.165) is 25.7 Å². The Morgan fingerprint density at radius 1 is 1.24 bits per heavy atom. The van der Waals surface area contributed by atoms with Gasteiger partial charge in [-0.3, -0.25) is 5.10 Å². The van der Waals surface area contributed by atoms with Crippen molar-refractivity contribution in [2.75, 3.05) is 20.6 Å². The Labute approximate surface area is 127 Å². The molecule has 0 unspecified atom stereocenters. The van der Waals surface area contributed by atoms with Gasteiger partial charge in [-0.2, -0.15) is 5.10 Å². The largest absolute Gasteiger partial charge is 0.302 e. The van der Waals surface area contributed by atoms with Gasteiger partial charge in [0, 0.05) is 12.1 Å². The average molecular weight is 314 g/mol. The molecule has 0 aromatic carbocycles. The van der Waals surface area contributed by atoms with Crippen LogP contribution in [0.2, 0.25) is 0 Å². The van der Waals surface area contributed by atoms with Gasteiger partial charge in [0.1, 0.15) is 4.90 Å². The van der Waals surface area contributed by atoms with Crippen molar-refractivity contribution in [3.63, 3.8) is 0 Å². The third-order valence-electron chi connectivity index (χ3n) is 4.65. The fraction of sp³-hybridized carbons (Fsp3) is 0.786. The highest BCUT2D eigenvalue weighted by atomic mass is 32.2. The molecule has 6 nitrogen and oxygen atoms in total. The van der Waals surface area contributed by atoms with Crippen molar-refractivity contribution in [2.24, 2.45) is 0 Å². The number of nitrogens with one attached hydrogen (secondary N) is 2.